The maximum atomic E-state index is 11.9. The fraction of sp³-hybridized carbons (Fsp3) is 0.500. The summed E-state index contributed by atoms with van der Waals surface area (Å²) < 4.78 is 0. The normalized spacial score (nSPS) is 12.0. The molecule has 0 radical (unpaired) electrons. The average molecular weight is 256 g/mol. The maximum absolute atomic E-state index is 11.9. The molecule has 1 unspecified atom stereocenters. The molecule has 0 spiro atoms. The molecule has 0 saturated heterocycles. The number of hydrogen-bond donors (Lipinski definition) is 2. The highest BCUT2D eigenvalue weighted by Crippen LogP contribution is 2.16. The fourth-order valence-electron chi connectivity index (χ4n) is 1.24. The van der Waals surface area contributed by atoms with Gasteiger partial charge in [0.05, 0.1) is 5.02 Å². The third kappa shape index (κ3) is 3.89. The molecule has 1 rings (SSSR count). The minimum atomic E-state index is -0.229. The number of aromatic nitrogens is 1. The van der Waals surface area contributed by atoms with Crippen molar-refractivity contribution in [3.05, 3.63) is 22.8 Å². The summed E-state index contributed by atoms with van der Waals surface area (Å²) in [6.07, 6.45) is 1.03. The van der Waals surface area contributed by atoms with Crippen LogP contribution in [-0.2, 0) is 0 Å². The standard InChI is InChI=1S/C12H18ClN3O/c1-4-8(2)7-15-12(17)11-9(13)5-6-10(14-3)16-11/h5-6,8H,4,7H2,1-3H3,(H,14,16)(H,15,17). The Morgan fingerprint density at radius 1 is 1.53 bits per heavy atom. The number of rotatable bonds is 5. The van der Waals surface area contributed by atoms with Gasteiger partial charge in [-0.25, -0.2) is 4.98 Å². The van der Waals surface area contributed by atoms with E-state index < -0.39 is 0 Å². The molecule has 0 aliphatic rings. The van der Waals surface area contributed by atoms with Crippen molar-refractivity contribution in [1.82, 2.24) is 10.3 Å². The SMILES string of the molecule is CCC(C)CNC(=O)c1nc(NC)ccc1Cl. The van der Waals surface area contributed by atoms with E-state index in [1.807, 2.05) is 0 Å². The van der Waals surface area contributed by atoms with Crippen molar-refractivity contribution in [1.29, 1.82) is 0 Å². The molecule has 17 heavy (non-hydrogen) atoms. The molecule has 0 fully saturated rings. The van der Waals surface area contributed by atoms with Gasteiger partial charge in [0.1, 0.15) is 11.5 Å². The van der Waals surface area contributed by atoms with Crippen molar-refractivity contribution >= 4 is 23.3 Å². The van der Waals surface area contributed by atoms with Gasteiger partial charge in [-0.2, -0.15) is 0 Å². The molecule has 0 saturated carbocycles. The van der Waals surface area contributed by atoms with E-state index >= 15 is 0 Å². The number of carbonyl (C=O) groups excluding carboxylic acids is 1. The smallest absolute Gasteiger partial charge is 0.271 e. The molecule has 0 bridgehead atoms. The molecule has 5 heteroatoms. The van der Waals surface area contributed by atoms with Crippen molar-refractivity contribution in [3.63, 3.8) is 0 Å². The van der Waals surface area contributed by atoms with Crippen LogP contribution in [0.4, 0.5) is 5.82 Å². The maximum Gasteiger partial charge on any atom is 0.271 e. The lowest BCUT2D eigenvalue weighted by molar-refractivity contribution is 0.0943. The van der Waals surface area contributed by atoms with Crippen LogP contribution in [0.3, 0.4) is 0 Å². The van der Waals surface area contributed by atoms with E-state index in [-0.39, 0.29) is 11.6 Å². The zero-order chi connectivity index (χ0) is 12.8. The Morgan fingerprint density at radius 2 is 2.24 bits per heavy atom. The Hall–Kier alpha value is -1.29. The Kier molecular flexibility index (Phi) is 5.22. The van der Waals surface area contributed by atoms with Gasteiger partial charge in [0.25, 0.3) is 5.91 Å². The topological polar surface area (TPSA) is 54.0 Å². The Balaban J connectivity index is 2.74. The third-order valence-electron chi connectivity index (χ3n) is 2.63. The van der Waals surface area contributed by atoms with Gasteiger partial charge in [-0.1, -0.05) is 31.9 Å². The molecule has 1 amide bonds. The summed E-state index contributed by atoms with van der Waals surface area (Å²) in [4.78, 5) is 16.0. The van der Waals surface area contributed by atoms with E-state index in [0.29, 0.717) is 23.3 Å². The highest BCUT2D eigenvalue weighted by Gasteiger charge is 2.13. The van der Waals surface area contributed by atoms with E-state index in [1.54, 1.807) is 19.2 Å². The molecule has 0 aliphatic carbocycles. The number of anilines is 1. The van der Waals surface area contributed by atoms with E-state index in [2.05, 4.69) is 29.5 Å². The second-order valence-electron chi connectivity index (χ2n) is 4.00. The molecule has 4 nitrogen and oxygen atoms in total. The first-order valence-corrected chi connectivity index (χ1v) is 6.08. The monoisotopic (exact) mass is 255 g/mol. The summed E-state index contributed by atoms with van der Waals surface area (Å²) in [5, 5.41) is 6.07. The van der Waals surface area contributed by atoms with Crippen LogP contribution in [0.1, 0.15) is 30.8 Å². The van der Waals surface area contributed by atoms with Crippen LogP contribution in [0, 0.1) is 5.92 Å². The molecule has 0 aliphatic heterocycles. The quantitative estimate of drug-likeness (QED) is 0.850. The van der Waals surface area contributed by atoms with Crippen LogP contribution in [0.2, 0.25) is 5.02 Å². The van der Waals surface area contributed by atoms with Crippen molar-refractivity contribution in [2.75, 3.05) is 18.9 Å². The Bertz CT molecular complexity index is 395. The van der Waals surface area contributed by atoms with Crippen LogP contribution < -0.4 is 10.6 Å². The summed E-state index contributed by atoms with van der Waals surface area (Å²) in [5.41, 5.74) is 0.266. The second kappa shape index (κ2) is 6.45. The fourth-order valence-corrected chi connectivity index (χ4v) is 1.43. The number of nitrogens with zero attached hydrogens (tertiary/aromatic N) is 1. The van der Waals surface area contributed by atoms with E-state index in [4.69, 9.17) is 11.6 Å². The summed E-state index contributed by atoms with van der Waals surface area (Å²) in [7, 11) is 1.75. The first-order valence-electron chi connectivity index (χ1n) is 5.71. The van der Waals surface area contributed by atoms with Gasteiger partial charge in [0.15, 0.2) is 0 Å². The first kappa shape index (κ1) is 13.8. The molecule has 2 N–H and O–H groups in total. The Labute approximate surface area is 107 Å². The molecular weight excluding hydrogens is 238 g/mol. The zero-order valence-corrected chi connectivity index (χ0v) is 11.1. The van der Waals surface area contributed by atoms with Crippen molar-refractivity contribution < 1.29 is 4.79 Å². The van der Waals surface area contributed by atoms with Gasteiger partial charge >= 0.3 is 0 Å². The molecule has 94 valence electrons. The highest BCUT2D eigenvalue weighted by molar-refractivity contribution is 6.33. The van der Waals surface area contributed by atoms with Crippen LogP contribution in [0.5, 0.6) is 0 Å². The number of hydrogen-bond acceptors (Lipinski definition) is 3. The first-order chi connectivity index (χ1) is 8.08. The zero-order valence-electron chi connectivity index (χ0n) is 10.4. The molecule has 0 aromatic carbocycles. The van der Waals surface area contributed by atoms with Crippen molar-refractivity contribution in [2.24, 2.45) is 5.92 Å². The van der Waals surface area contributed by atoms with Crippen LogP contribution in [0.25, 0.3) is 0 Å². The van der Waals surface area contributed by atoms with Gasteiger partial charge in [0.2, 0.25) is 0 Å². The number of pyridine rings is 1. The number of halogens is 1. The summed E-state index contributed by atoms with van der Waals surface area (Å²) >= 11 is 5.95. The highest BCUT2D eigenvalue weighted by atomic mass is 35.5. The third-order valence-corrected chi connectivity index (χ3v) is 2.93. The van der Waals surface area contributed by atoms with Gasteiger partial charge < -0.3 is 10.6 Å². The van der Waals surface area contributed by atoms with Crippen LogP contribution in [0.15, 0.2) is 12.1 Å². The number of amides is 1. The lowest BCUT2D eigenvalue weighted by Gasteiger charge is -2.11. The second-order valence-corrected chi connectivity index (χ2v) is 4.41. The summed E-state index contributed by atoms with van der Waals surface area (Å²) in [6, 6.07) is 3.40. The van der Waals surface area contributed by atoms with Crippen molar-refractivity contribution in [3.8, 4) is 0 Å². The van der Waals surface area contributed by atoms with E-state index in [1.165, 1.54) is 0 Å². The predicted molar refractivity (Wildman–Crippen MR) is 70.6 cm³/mol. The van der Waals surface area contributed by atoms with Gasteiger partial charge in [-0.15, -0.1) is 0 Å². The van der Waals surface area contributed by atoms with Gasteiger partial charge in [-0.05, 0) is 18.1 Å². The van der Waals surface area contributed by atoms with Crippen LogP contribution >= 0.6 is 11.6 Å². The number of nitrogens with one attached hydrogen (secondary N) is 2. The van der Waals surface area contributed by atoms with Crippen LogP contribution in [-0.4, -0.2) is 24.5 Å². The molecule has 1 atom stereocenters. The summed E-state index contributed by atoms with van der Waals surface area (Å²) in [5.74, 6) is 0.848. The molecule has 1 heterocycles. The van der Waals surface area contributed by atoms with E-state index in [9.17, 15) is 4.79 Å². The lowest BCUT2D eigenvalue weighted by Crippen LogP contribution is -2.29. The van der Waals surface area contributed by atoms with Gasteiger partial charge in [0, 0.05) is 13.6 Å². The molecule has 1 aromatic heterocycles. The summed E-state index contributed by atoms with van der Waals surface area (Å²) in [6.45, 7) is 4.81. The number of carbonyl (C=O) groups is 1. The van der Waals surface area contributed by atoms with Gasteiger partial charge in [-0.3, -0.25) is 4.79 Å². The molecule has 1 aromatic rings. The minimum absolute atomic E-state index is 0.229. The minimum Gasteiger partial charge on any atom is -0.373 e. The average Bonchev–Trinajstić information content (AvgIpc) is 2.36. The Morgan fingerprint density at radius 3 is 2.82 bits per heavy atom. The predicted octanol–water partition coefficient (Wildman–Crippen LogP) is 2.55. The lowest BCUT2D eigenvalue weighted by atomic mass is 10.1. The molecular formula is C12H18ClN3O. The largest absolute Gasteiger partial charge is 0.373 e. The van der Waals surface area contributed by atoms with Crippen molar-refractivity contribution in [2.45, 2.75) is 20.3 Å². The van der Waals surface area contributed by atoms with E-state index in [0.717, 1.165) is 6.42 Å².